The molecule has 1 aromatic heterocycles. The van der Waals surface area contributed by atoms with Crippen molar-refractivity contribution in [3.05, 3.63) is 11.6 Å². The highest BCUT2D eigenvalue weighted by atomic mass is 15.3. The first-order valence-corrected chi connectivity index (χ1v) is 6.78. The van der Waals surface area contributed by atoms with E-state index < -0.39 is 0 Å². The first-order chi connectivity index (χ1) is 8.19. The van der Waals surface area contributed by atoms with Gasteiger partial charge in [-0.15, -0.1) is 0 Å². The van der Waals surface area contributed by atoms with Crippen LogP contribution in [0.5, 0.6) is 0 Å². The Morgan fingerprint density at radius 2 is 2.00 bits per heavy atom. The first kappa shape index (κ1) is 12.6. The van der Waals surface area contributed by atoms with E-state index in [4.69, 9.17) is 5.73 Å². The molecule has 0 aliphatic heterocycles. The Kier molecular flexibility index (Phi) is 3.82. The monoisotopic (exact) mass is 236 g/mol. The molecule has 4 nitrogen and oxygen atoms in total. The summed E-state index contributed by atoms with van der Waals surface area (Å²) in [5, 5.41) is 4.42. The van der Waals surface area contributed by atoms with Crippen LogP contribution in [0.4, 0.5) is 0 Å². The molecule has 0 spiro atoms. The summed E-state index contributed by atoms with van der Waals surface area (Å²) < 4.78 is 1.94. The number of nitrogens with two attached hydrogens (primary N) is 1. The molecular formula is C13H24N4. The van der Waals surface area contributed by atoms with Gasteiger partial charge in [0.2, 0.25) is 0 Å². The normalized spacial score (nSPS) is 19.5. The van der Waals surface area contributed by atoms with E-state index in [2.05, 4.69) is 17.0 Å². The van der Waals surface area contributed by atoms with Gasteiger partial charge in [-0.05, 0) is 24.8 Å². The average Bonchev–Trinajstić information content (AvgIpc) is 2.71. The van der Waals surface area contributed by atoms with Crippen LogP contribution < -0.4 is 5.73 Å². The lowest BCUT2D eigenvalue weighted by Crippen LogP contribution is -2.35. The Balaban J connectivity index is 2.14. The summed E-state index contributed by atoms with van der Waals surface area (Å²) >= 11 is 0. The minimum atomic E-state index is 0.282. The lowest BCUT2D eigenvalue weighted by Gasteiger charge is -2.35. The van der Waals surface area contributed by atoms with E-state index in [0.29, 0.717) is 0 Å². The highest BCUT2D eigenvalue weighted by Crippen LogP contribution is 2.37. The predicted octanol–water partition coefficient (Wildman–Crippen LogP) is 1.83. The van der Waals surface area contributed by atoms with Crippen LogP contribution in [0, 0.1) is 5.41 Å². The van der Waals surface area contributed by atoms with E-state index in [9.17, 15) is 0 Å². The molecule has 1 aliphatic rings. The number of aromatic nitrogens is 3. The van der Waals surface area contributed by atoms with Crippen LogP contribution in [0.25, 0.3) is 0 Å². The van der Waals surface area contributed by atoms with E-state index in [1.54, 1.807) is 0 Å². The largest absolute Gasteiger partial charge is 0.330 e. The predicted molar refractivity (Wildman–Crippen MR) is 68.7 cm³/mol. The van der Waals surface area contributed by atoms with Crippen molar-refractivity contribution in [3.63, 3.8) is 0 Å². The molecule has 0 saturated heterocycles. The molecule has 0 bridgehead atoms. The van der Waals surface area contributed by atoms with Crippen LogP contribution >= 0.6 is 0 Å². The zero-order valence-electron chi connectivity index (χ0n) is 11.1. The van der Waals surface area contributed by atoms with Gasteiger partial charge in [-0.2, -0.15) is 5.10 Å². The van der Waals surface area contributed by atoms with Gasteiger partial charge in [0.15, 0.2) is 5.82 Å². The minimum Gasteiger partial charge on any atom is -0.330 e. The van der Waals surface area contributed by atoms with Crippen molar-refractivity contribution in [1.82, 2.24) is 14.8 Å². The van der Waals surface area contributed by atoms with Gasteiger partial charge in [0, 0.05) is 19.9 Å². The van der Waals surface area contributed by atoms with E-state index in [1.807, 2.05) is 11.7 Å². The quantitative estimate of drug-likeness (QED) is 0.867. The molecule has 1 saturated carbocycles. The lowest BCUT2D eigenvalue weighted by molar-refractivity contribution is 0.191. The molecule has 0 aromatic carbocycles. The number of hydrogen-bond donors (Lipinski definition) is 1. The second kappa shape index (κ2) is 5.17. The third-order valence-corrected chi connectivity index (χ3v) is 4.09. The summed E-state index contributed by atoms with van der Waals surface area (Å²) in [6.07, 6.45) is 8.39. The van der Waals surface area contributed by atoms with Crippen LogP contribution in [-0.4, -0.2) is 21.3 Å². The average molecular weight is 236 g/mol. The molecule has 4 heteroatoms. The summed E-state index contributed by atoms with van der Waals surface area (Å²) in [7, 11) is 1.99. The molecule has 0 amide bonds. The van der Waals surface area contributed by atoms with Crippen LogP contribution in [0.2, 0.25) is 0 Å². The molecule has 0 atom stereocenters. The Morgan fingerprint density at radius 1 is 1.29 bits per heavy atom. The topological polar surface area (TPSA) is 56.7 Å². The molecule has 0 radical (unpaired) electrons. The maximum atomic E-state index is 6.02. The maximum absolute atomic E-state index is 6.02. The summed E-state index contributed by atoms with van der Waals surface area (Å²) in [6, 6.07) is 0. The molecule has 1 heterocycles. The summed E-state index contributed by atoms with van der Waals surface area (Å²) in [5.74, 6) is 2.06. The first-order valence-electron chi connectivity index (χ1n) is 6.78. The zero-order chi connectivity index (χ0) is 12.3. The van der Waals surface area contributed by atoms with Crippen molar-refractivity contribution in [1.29, 1.82) is 0 Å². The Labute approximate surface area is 104 Å². The Bertz CT molecular complexity index is 363. The van der Waals surface area contributed by atoms with Gasteiger partial charge in [0.25, 0.3) is 0 Å². The fourth-order valence-corrected chi connectivity index (χ4v) is 2.87. The van der Waals surface area contributed by atoms with Crippen LogP contribution in [0.15, 0.2) is 0 Å². The second-order valence-electron chi connectivity index (χ2n) is 5.36. The molecule has 17 heavy (non-hydrogen) atoms. The SMILES string of the molecule is CCc1nc(CC2(CN)CCCCC2)n(C)n1. The van der Waals surface area contributed by atoms with Crippen LogP contribution in [0.3, 0.4) is 0 Å². The highest BCUT2D eigenvalue weighted by Gasteiger charge is 2.32. The van der Waals surface area contributed by atoms with E-state index in [-0.39, 0.29) is 5.41 Å². The number of rotatable bonds is 4. The molecule has 0 unspecified atom stereocenters. The molecule has 2 rings (SSSR count). The number of aryl methyl sites for hydroxylation is 2. The molecular weight excluding hydrogens is 212 g/mol. The second-order valence-corrected chi connectivity index (χ2v) is 5.36. The van der Waals surface area contributed by atoms with Gasteiger partial charge in [0.05, 0.1) is 0 Å². The van der Waals surface area contributed by atoms with Crippen molar-refractivity contribution >= 4 is 0 Å². The van der Waals surface area contributed by atoms with Gasteiger partial charge in [-0.1, -0.05) is 26.2 Å². The van der Waals surface area contributed by atoms with E-state index in [1.165, 1.54) is 32.1 Å². The molecule has 96 valence electrons. The van der Waals surface area contributed by atoms with Gasteiger partial charge in [-0.3, -0.25) is 4.68 Å². The molecule has 1 fully saturated rings. The fraction of sp³-hybridized carbons (Fsp3) is 0.846. The van der Waals surface area contributed by atoms with Gasteiger partial charge < -0.3 is 5.73 Å². The van der Waals surface area contributed by atoms with Crippen molar-refractivity contribution < 1.29 is 0 Å². The number of nitrogens with zero attached hydrogens (tertiary/aromatic N) is 3. The Morgan fingerprint density at radius 3 is 2.53 bits per heavy atom. The summed E-state index contributed by atoms with van der Waals surface area (Å²) in [6.45, 7) is 2.87. The van der Waals surface area contributed by atoms with Gasteiger partial charge in [-0.25, -0.2) is 4.98 Å². The smallest absolute Gasteiger partial charge is 0.150 e. The lowest BCUT2D eigenvalue weighted by atomic mass is 9.72. The summed E-state index contributed by atoms with van der Waals surface area (Å²) in [4.78, 5) is 4.61. The van der Waals surface area contributed by atoms with Crippen LogP contribution in [0.1, 0.15) is 50.7 Å². The standard InChI is InChI=1S/C13H24N4/c1-3-11-15-12(17(2)16-11)9-13(10-14)7-5-4-6-8-13/h3-10,14H2,1-2H3. The third-order valence-electron chi connectivity index (χ3n) is 4.09. The van der Waals surface area contributed by atoms with E-state index in [0.717, 1.165) is 31.0 Å². The molecule has 1 aromatic rings. The molecule has 1 aliphatic carbocycles. The Hall–Kier alpha value is -0.900. The van der Waals surface area contributed by atoms with Crippen molar-refractivity contribution in [3.8, 4) is 0 Å². The van der Waals surface area contributed by atoms with Crippen LogP contribution in [-0.2, 0) is 19.9 Å². The third kappa shape index (κ3) is 2.68. The number of hydrogen-bond acceptors (Lipinski definition) is 3. The van der Waals surface area contributed by atoms with Crippen molar-refractivity contribution in [2.24, 2.45) is 18.2 Å². The van der Waals surface area contributed by atoms with Gasteiger partial charge >= 0.3 is 0 Å². The maximum Gasteiger partial charge on any atom is 0.150 e. The minimum absolute atomic E-state index is 0.282. The van der Waals surface area contributed by atoms with Crippen molar-refractivity contribution in [2.45, 2.75) is 51.9 Å². The summed E-state index contributed by atoms with van der Waals surface area (Å²) in [5.41, 5.74) is 6.30. The van der Waals surface area contributed by atoms with Gasteiger partial charge in [0.1, 0.15) is 5.82 Å². The zero-order valence-corrected chi connectivity index (χ0v) is 11.1. The fourth-order valence-electron chi connectivity index (χ4n) is 2.87. The van der Waals surface area contributed by atoms with E-state index >= 15 is 0 Å². The molecule has 2 N–H and O–H groups in total. The highest BCUT2D eigenvalue weighted by molar-refractivity contribution is 4.99. The van der Waals surface area contributed by atoms with Crippen molar-refractivity contribution in [2.75, 3.05) is 6.54 Å².